The summed E-state index contributed by atoms with van der Waals surface area (Å²) in [6.45, 7) is 5.74. The summed E-state index contributed by atoms with van der Waals surface area (Å²) in [4.78, 5) is 0. The quantitative estimate of drug-likeness (QED) is 0.653. The number of hydrogen-bond donors (Lipinski definition) is 2. The Morgan fingerprint density at radius 3 is 2.86 bits per heavy atom. The molecule has 2 N–H and O–H groups in total. The van der Waals surface area contributed by atoms with Gasteiger partial charge in [-0.1, -0.05) is 29.3 Å². The molecule has 0 amide bonds. The van der Waals surface area contributed by atoms with Crippen molar-refractivity contribution in [3.8, 4) is 0 Å². The first-order valence-electron chi connectivity index (χ1n) is 6.84. The average molecular weight is 323 g/mol. The standard InChI is InChI=1S/C15H19ClN4S/c1-11-4-5-14(12(2)8-11)19-15(21)17-6-3-7-20-10-13(16)9-18-20/h4-5,8-10H,3,6-7H2,1-2H3,(H2,17,19,21). The molecule has 6 heteroatoms. The van der Waals surface area contributed by atoms with Crippen LogP contribution in [-0.2, 0) is 6.54 Å². The lowest BCUT2D eigenvalue weighted by atomic mass is 10.1. The second-order valence-corrected chi connectivity index (χ2v) is 5.82. The topological polar surface area (TPSA) is 41.9 Å². The van der Waals surface area contributed by atoms with Crippen LogP contribution in [0.2, 0.25) is 5.02 Å². The minimum Gasteiger partial charge on any atom is -0.362 e. The lowest BCUT2D eigenvalue weighted by Crippen LogP contribution is -2.30. The number of aryl methyl sites for hydroxylation is 3. The molecule has 2 aromatic rings. The molecule has 0 aliphatic rings. The molecule has 0 aliphatic heterocycles. The molecule has 0 spiro atoms. The smallest absolute Gasteiger partial charge is 0.170 e. The van der Waals surface area contributed by atoms with Crippen LogP contribution in [0.4, 0.5) is 5.69 Å². The number of rotatable bonds is 5. The van der Waals surface area contributed by atoms with Crippen LogP contribution in [0.25, 0.3) is 0 Å². The highest BCUT2D eigenvalue weighted by molar-refractivity contribution is 7.80. The predicted molar refractivity (Wildman–Crippen MR) is 92.0 cm³/mol. The van der Waals surface area contributed by atoms with Crippen molar-refractivity contribution in [1.29, 1.82) is 0 Å². The van der Waals surface area contributed by atoms with Crippen LogP contribution in [-0.4, -0.2) is 21.4 Å². The van der Waals surface area contributed by atoms with E-state index in [2.05, 4.69) is 41.7 Å². The summed E-state index contributed by atoms with van der Waals surface area (Å²) in [6, 6.07) is 6.25. The molecule has 0 saturated heterocycles. The summed E-state index contributed by atoms with van der Waals surface area (Å²) in [6.07, 6.45) is 4.38. The maximum atomic E-state index is 5.81. The summed E-state index contributed by atoms with van der Waals surface area (Å²) in [7, 11) is 0. The second-order valence-electron chi connectivity index (χ2n) is 4.97. The molecule has 0 atom stereocenters. The number of thiocarbonyl (C=S) groups is 1. The van der Waals surface area contributed by atoms with Crippen molar-refractivity contribution < 1.29 is 0 Å². The number of nitrogens with one attached hydrogen (secondary N) is 2. The van der Waals surface area contributed by atoms with Crippen molar-refractivity contribution in [3.63, 3.8) is 0 Å². The number of halogens is 1. The molecule has 112 valence electrons. The Morgan fingerprint density at radius 2 is 2.19 bits per heavy atom. The van der Waals surface area contributed by atoms with Crippen LogP contribution >= 0.6 is 23.8 Å². The Bertz CT molecular complexity index is 624. The summed E-state index contributed by atoms with van der Waals surface area (Å²) < 4.78 is 1.82. The van der Waals surface area contributed by atoms with Gasteiger partial charge in [0.1, 0.15) is 0 Å². The van der Waals surface area contributed by atoms with Crippen molar-refractivity contribution in [2.45, 2.75) is 26.8 Å². The number of hydrogen-bond acceptors (Lipinski definition) is 2. The first-order valence-corrected chi connectivity index (χ1v) is 7.63. The molecular weight excluding hydrogens is 304 g/mol. The minimum absolute atomic E-state index is 0.639. The SMILES string of the molecule is Cc1ccc(NC(=S)NCCCn2cc(Cl)cn2)c(C)c1. The highest BCUT2D eigenvalue weighted by Gasteiger charge is 2.01. The van der Waals surface area contributed by atoms with Crippen LogP contribution in [0.1, 0.15) is 17.5 Å². The zero-order valence-electron chi connectivity index (χ0n) is 12.2. The highest BCUT2D eigenvalue weighted by atomic mass is 35.5. The molecule has 1 heterocycles. The number of nitrogens with zero attached hydrogens (tertiary/aromatic N) is 2. The molecule has 0 bridgehead atoms. The molecule has 1 aromatic carbocycles. The van der Waals surface area contributed by atoms with Gasteiger partial charge in [-0.15, -0.1) is 0 Å². The monoisotopic (exact) mass is 322 g/mol. The lowest BCUT2D eigenvalue weighted by molar-refractivity contribution is 0.574. The summed E-state index contributed by atoms with van der Waals surface area (Å²) in [5.41, 5.74) is 3.47. The van der Waals surface area contributed by atoms with Crippen LogP contribution in [0.5, 0.6) is 0 Å². The number of aromatic nitrogens is 2. The fourth-order valence-corrected chi connectivity index (χ4v) is 2.39. The maximum Gasteiger partial charge on any atom is 0.170 e. The summed E-state index contributed by atoms with van der Waals surface area (Å²) in [5, 5.41) is 11.8. The van der Waals surface area contributed by atoms with Crippen LogP contribution in [0, 0.1) is 13.8 Å². The molecule has 0 aliphatic carbocycles. The molecular formula is C15H19ClN4S. The molecule has 0 unspecified atom stereocenters. The van der Waals surface area contributed by atoms with Gasteiger partial charge in [-0.3, -0.25) is 4.68 Å². The summed E-state index contributed by atoms with van der Waals surface area (Å²) >= 11 is 11.1. The Hall–Kier alpha value is -1.59. The van der Waals surface area contributed by atoms with Gasteiger partial charge in [-0.2, -0.15) is 5.10 Å². The minimum atomic E-state index is 0.639. The van der Waals surface area contributed by atoms with Gasteiger partial charge in [0.25, 0.3) is 0 Å². The Morgan fingerprint density at radius 1 is 1.38 bits per heavy atom. The number of anilines is 1. The fraction of sp³-hybridized carbons (Fsp3) is 0.333. The molecule has 1 aromatic heterocycles. The first-order chi connectivity index (χ1) is 10.0. The third-order valence-corrected chi connectivity index (χ3v) is 3.52. The van der Waals surface area contributed by atoms with E-state index >= 15 is 0 Å². The third kappa shape index (κ3) is 5.02. The van der Waals surface area contributed by atoms with E-state index in [9.17, 15) is 0 Å². The highest BCUT2D eigenvalue weighted by Crippen LogP contribution is 2.15. The maximum absolute atomic E-state index is 5.81. The van der Waals surface area contributed by atoms with E-state index in [1.807, 2.05) is 16.9 Å². The van der Waals surface area contributed by atoms with E-state index in [0.29, 0.717) is 10.1 Å². The van der Waals surface area contributed by atoms with Gasteiger partial charge in [0, 0.05) is 25.0 Å². The third-order valence-electron chi connectivity index (χ3n) is 3.08. The first kappa shape index (κ1) is 15.8. The average Bonchev–Trinajstić information content (AvgIpc) is 2.84. The Kier molecular flexibility index (Phi) is 5.59. The second kappa shape index (κ2) is 7.43. The van der Waals surface area contributed by atoms with Gasteiger partial charge < -0.3 is 10.6 Å². The van der Waals surface area contributed by atoms with Gasteiger partial charge >= 0.3 is 0 Å². The molecule has 0 fully saturated rings. The zero-order valence-corrected chi connectivity index (χ0v) is 13.8. The van der Waals surface area contributed by atoms with Crippen molar-refractivity contribution in [3.05, 3.63) is 46.7 Å². The van der Waals surface area contributed by atoms with E-state index in [1.54, 1.807) is 6.20 Å². The molecule has 0 saturated carbocycles. The molecule has 4 nitrogen and oxygen atoms in total. The fourth-order valence-electron chi connectivity index (χ4n) is 2.02. The van der Waals surface area contributed by atoms with Crippen molar-refractivity contribution in [2.75, 3.05) is 11.9 Å². The molecule has 21 heavy (non-hydrogen) atoms. The van der Waals surface area contributed by atoms with Crippen LogP contribution < -0.4 is 10.6 Å². The normalized spacial score (nSPS) is 10.4. The Labute approximate surface area is 135 Å². The zero-order chi connectivity index (χ0) is 15.2. The van der Waals surface area contributed by atoms with E-state index in [1.165, 1.54) is 11.1 Å². The van der Waals surface area contributed by atoms with Crippen molar-refractivity contribution in [1.82, 2.24) is 15.1 Å². The largest absolute Gasteiger partial charge is 0.362 e. The van der Waals surface area contributed by atoms with E-state index in [4.69, 9.17) is 23.8 Å². The van der Waals surface area contributed by atoms with Crippen LogP contribution in [0.15, 0.2) is 30.6 Å². The Balaban J connectivity index is 1.72. The lowest BCUT2D eigenvalue weighted by Gasteiger charge is -2.13. The van der Waals surface area contributed by atoms with Gasteiger partial charge in [0.05, 0.1) is 11.2 Å². The number of benzene rings is 1. The molecule has 0 radical (unpaired) electrons. The predicted octanol–water partition coefficient (Wildman–Crippen LogP) is 3.53. The van der Waals surface area contributed by atoms with Crippen molar-refractivity contribution in [2.24, 2.45) is 0 Å². The van der Waals surface area contributed by atoms with Gasteiger partial charge in [0.2, 0.25) is 0 Å². The van der Waals surface area contributed by atoms with E-state index < -0.39 is 0 Å². The van der Waals surface area contributed by atoms with Crippen molar-refractivity contribution >= 4 is 34.6 Å². The van der Waals surface area contributed by atoms with Crippen LogP contribution in [0.3, 0.4) is 0 Å². The van der Waals surface area contributed by atoms with Gasteiger partial charge in [-0.05, 0) is 44.1 Å². The van der Waals surface area contributed by atoms with Gasteiger partial charge in [-0.25, -0.2) is 0 Å². The molecule has 2 rings (SSSR count). The van der Waals surface area contributed by atoms with E-state index in [-0.39, 0.29) is 0 Å². The van der Waals surface area contributed by atoms with E-state index in [0.717, 1.165) is 25.2 Å². The van der Waals surface area contributed by atoms with Gasteiger partial charge in [0.15, 0.2) is 5.11 Å². The summed E-state index contributed by atoms with van der Waals surface area (Å²) in [5.74, 6) is 0.